The number of benzene rings is 1. The van der Waals surface area contributed by atoms with Crippen molar-refractivity contribution >= 4 is 21.8 Å². The van der Waals surface area contributed by atoms with Crippen LogP contribution in [0.15, 0.2) is 28.7 Å². The summed E-state index contributed by atoms with van der Waals surface area (Å²) in [5.74, 6) is -0.272. The Morgan fingerprint density at radius 1 is 1.38 bits per heavy atom. The first kappa shape index (κ1) is 13.2. The van der Waals surface area contributed by atoms with Crippen LogP contribution in [0.3, 0.4) is 0 Å². The fourth-order valence-electron chi connectivity index (χ4n) is 1.32. The molecule has 88 valence electrons. The zero-order chi connectivity index (χ0) is 12.1. The van der Waals surface area contributed by atoms with Crippen LogP contribution >= 0.6 is 15.9 Å². The molecule has 2 N–H and O–H groups in total. The summed E-state index contributed by atoms with van der Waals surface area (Å²) in [6.07, 6.45) is 0. The van der Waals surface area contributed by atoms with E-state index in [0.717, 1.165) is 10.0 Å². The van der Waals surface area contributed by atoms with Crippen LogP contribution in [0, 0.1) is 0 Å². The summed E-state index contributed by atoms with van der Waals surface area (Å²) in [6, 6.07) is 7.45. The molecule has 0 aliphatic carbocycles. The zero-order valence-electron chi connectivity index (χ0n) is 9.40. The van der Waals surface area contributed by atoms with E-state index in [4.69, 9.17) is 5.11 Å². The molecule has 4 heteroatoms. The molecule has 16 heavy (non-hydrogen) atoms. The number of hydrogen-bond donors (Lipinski definition) is 2. The molecule has 2 atom stereocenters. The summed E-state index contributed by atoms with van der Waals surface area (Å²) in [6.45, 7) is 3.58. The highest BCUT2D eigenvalue weighted by Crippen LogP contribution is 2.18. The molecular weight excluding hydrogens is 270 g/mol. The molecule has 0 spiro atoms. The smallest absolute Gasteiger partial charge is 0.227 e. The number of carbonyl (C=O) groups excluding carboxylic acids is 1. The molecule has 0 bridgehead atoms. The monoisotopic (exact) mass is 285 g/mol. The number of nitrogens with one attached hydrogen (secondary N) is 1. The van der Waals surface area contributed by atoms with E-state index in [1.165, 1.54) is 0 Å². The van der Waals surface area contributed by atoms with E-state index < -0.39 is 0 Å². The molecule has 0 heterocycles. The topological polar surface area (TPSA) is 49.3 Å². The van der Waals surface area contributed by atoms with Gasteiger partial charge in [0.25, 0.3) is 0 Å². The average Bonchev–Trinajstić information content (AvgIpc) is 2.28. The van der Waals surface area contributed by atoms with Gasteiger partial charge in [0.2, 0.25) is 5.91 Å². The van der Waals surface area contributed by atoms with Crippen molar-refractivity contribution < 1.29 is 9.90 Å². The number of amides is 1. The van der Waals surface area contributed by atoms with Gasteiger partial charge in [0.1, 0.15) is 0 Å². The lowest BCUT2D eigenvalue weighted by atomic mass is 10.0. The van der Waals surface area contributed by atoms with Gasteiger partial charge in [0.05, 0.1) is 12.5 Å². The number of rotatable bonds is 4. The van der Waals surface area contributed by atoms with E-state index >= 15 is 0 Å². The van der Waals surface area contributed by atoms with Crippen LogP contribution in [0.1, 0.15) is 25.3 Å². The first-order chi connectivity index (χ1) is 7.54. The molecule has 1 aromatic rings. The molecule has 1 amide bonds. The van der Waals surface area contributed by atoms with Gasteiger partial charge >= 0.3 is 0 Å². The lowest BCUT2D eigenvalue weighted by molar-refractivity contribution is -0.123. The Morgan fingerprint density at radius 2 is 1.94 bits per heavy atom. The number of aliphatic hydroxyl groups excluding tert-OH is 1. The van der Waals surface area contributed by atoms with E-state index in [1.807, 2.05) is 31.2 Å². The predicted octanol–water partition coefficient (Wildman–Crippen LogP) is 2.05. The molecule has 0 aliphatic rings. The Bertz CT molecular complexity index is 351. The molecule has 0 saturated carbocycles. The normalized spacial score (nSPS) is 14.2. The van der Waals surface area contributed by atoms with Crippen molar-refractivity contribution in [3.63, 3.8) is 0 Å². The summed E-state index contributed by atoms with van der Waals surface area (Å²) in [5.41, 5.74) is 0.964. The van der Waals surface area contributed by atoms with E-state index in [1.54, 1.807) is 6.92 Å². The van der Waals surface area contributed by atoms with Crippen LogP contribution in [0.5, 0.6) is 0 Å². The van der Waals surface area contributed by atoms with Crippen molar-refractivity contribution in [2.75, 3.05) is 6.61 Å². The van der Waals surface area contributed by atoms with Gasteiger partial charge in [-0.25, -0.2) is 0 Å². The second-order valence-electron chi connectivity index (χ2n) is 3.87. The standard InChI is InChI=1S/C12H16BrNO2/c1-8(7-15)14-12(16)9(2)10-3-5-11(13)6-4-10/h3-6,8-9,15H,7H2,1-2H3,(H,14,16). The third-order valence-corrected chi connectivity index (χ3v) is 2.95. The number of hydrogen-bond acceptors (Lipinski definition) is 2. The Labute approximate surface area is 104 Å². The number of aliphatic hydroxyl groups is 1. The molecule has 1 aromatic carbocycles. The van der Waals surface area contributed by atoms with Crippen LogP contribution < -0.4 is 5.32 Å². The first-order valence-electron chi connectivity index (χ1n) is 5.21. The molecular formula is C12H16BrNO2. The molecule has 1 rings (SSSR count). The van der Waals surface area contributed by atoms with Gasteiger partial charge in [-0.1, -0.05) is 28.1 Å². The second kappa shape index (κ2) is 6.01. The minimum atomic E-state index is -0.206. The van der Waals surface area contributed by atoms with Gasteiger partial charge in [-0.05, 0) is 31.5 Å². The summed E-state index contributed by atoms with van der Waals surface area (Å²) in [5, 5.41) is 11.6. The number of carbonyl (C=O) groups is 1. The maximum absolute atomic E-state index is 11.8. The fourth-order valence-corrected chi connectivity index (χ4v) is 1.58. The van der Waals surface area contributed by atoms with Crippen LogP contribution in [0.4, 0.5) is 0 Å². The SMILES string of the molecule is CC(CO)NC(=O)C(C)c1ccc(Br)cc1. The van der Waals surface area contributed by atoms with Crippen LogP contribution in [-0.2, 0) is 4.79 Å². The van der Waals surface area contributed by atoms with Crippen LogP contribution in [-0.4, -0.2) is 23.7 Å². The molecule has 0 fully saturated rings. The van der Waals surface area contributed by atoms with Crippen molar-refractivity contribution in [3.05, 3.63) is 34.3 Å². The van der Waals surface area contributed by atoms with Crippen LogP contribution in [0.25, 0.3) is 0 Å². The fraction of sp³-hybridized carbons (Fsp3) is 0.417. The Kier molecular flexibility index (Phi) is 4.96. The van der Waals surface area contributed by atoms with Crippen LogP contribution in [0.2, 0.25) is 0 Å². The molecule has 0 saturated heterocycles. The van der Waals surface area contributed by atoms with Gasteiger partial charge in [-0.15, -0.1) is 0 Å². The van der Waals surface area contributed by atoms with E-state index in [2.05, 4.69) is 21.2 Å². The Balaban J connectivity index is 2.66. The lowest BCUT2D eigenvalue weighted by Crippen LogP contribution is -2.37. The Hall–Kier alpha value is -0.870. The first-order valence-corrected chi connectivity index (χ1v) is 6.00. The minimum Gasteiger partial charge on any atom is -0.394 e. The molecule has 0 radical (unpaired) electrons. The highest BCUT2D eigenvalue weighted by Gasteiger charge is 2.16. The largest absolute Gasteiger partial charge is 0.394 e. The second-order valence-corrected chi connectivity index (χ2v) is 4.78. The molecule has 0 aromatic heterocycles. The average molecular weight is 286 g/mol. The predicted molar refractivity (Wildman–Crippen MR) is 67.2 cm³/mol. The third kappa shape index (κ3) is 3.61. The third-order valence-electron chi connectivity index (χ3n) is 2.43. The minimum absolute atomic E-state index is 0.0429. The van der Waals surface area contributed by atoms with E-state index in [-0.39, 0.29) is 24.5 Å². The lowest BCUT2D eigenvalue weighted by Gasteiger charge is -2.16. The van der Waals surface area contributed by atoms with Gasteiger partial charge in [0, 0.05) is 10.5 Å². The maximum Gasteiger partial charge on any atom is 0.227 e. The van der Waals surface area contributed by atoms with Crippen molar-refractivity contribution in [2.45, 2.75) is 25.8 Å². The summed E-state index contributed by atoms with van der Waals surface area (Å²) in [4.78, 5) is 11.8. The van der Waals surface area contributed by atoms with Crippen molar-refractivity contribution in [2.24, 2.45) is 0 Å². The summed E-state index contributed by atoms with van der Waals surface area (Å²) in [7, 11) is 0. The quantitative estimate of drug-likeness (QED) is 0.890. The van der Waals surface area contributed by atoms with Crippen molar-refractivity contribution in [3.8, 4) is 0 Å². The number of halogens is 1. The van der Waals surface area contributed by atoms with Crippen molar-refractivity contribution in [1.29, 1.82) is 0 Å². The molecule has 0 aliphatic heterocycles. The van der Waals surface area contributed by atoms with Gasteiger partial charge in [-0.3, -0.25) is 4.79 Å². The summed E-state index contributed by atoms with van der Waals surface area (Å²) < 4.78 is 0.993. The Morgan fingerprint density at radius 3 is 2.44 bits per heavy atom. The van der Waals surface area contributed by atoms with E-state index in [9.17, 15) is 4.79 Å². The van der Waals surface area contributed by atoms with E-state index in [0.29, 0.717) is 0 Å². The zero-order valence-corrected chi connectivity index (χ0v) is 11.0. The summed E-state index contributed by atoms with van der Waals surface area (Å²) >= 11 is 3.35. The van der Waals surface area contributed by atoms with Crippen molar-refractivity contribution in [1.82, 2.24) is 5.32 Å². The maximum atomic E-state index is 11.8. The van der Waals surface area contributed by atoms with Gasteiger partial charge in [-0.2, -0.15) is 0 Å². The highest BCUT2D eigenvalue weighted by atomic mass is 79.9. The molecule has 3 nitrogen and oxygen atoms in total. The van der Waals surface area contributed by atoms with Gasteiger partial charge in [0.15, 0.2) is 0 Å². The van der Waals surface area contributed by atoms with Gasteiger partial charge < -0.3 is 10.4 Å². The molecule has 2 unspecified atom stereocenters. The highest BCUT2D eigenvalue weighted by molar-refractivity contribution is 9.10.